The van der Waals surface area contributed by atoms with Crippen LogP contribution in [0.2, 0.25) is 0 Å². The number of hydrogen-bond donors (Lipinski definition) is 1. The van der Waals surface area contributed by atoms with Crippen molar-refractivity contribution < 1.29 is 31.5 Å². The van der Waals surface area contributed by atoms with E-state index in [1.54, 1.807) is 12.1 Å². The smallest absolute Gasteiger partial charge is 0.387 e. The number of ether oxygens (including phenoxy) is 2. The Balaban J connectivity index is 1.73. The van der Waals surface area contributed by atoms with E-state index in [4.69, 9.17) is 4.74 Å². The second kappa shape index (κ2) is 10.6. The highest BCUT2D eigenvalue weighted by molar-refractivity contribution is 7.89. The van der Waals surface area contributed by atoms with Gasteiger partial charge >= 0.3 is 6.61 Å². The number of hydrogen-bond acceptors (Lipinski definition) is 6. The van der Waals surface area contributed by atoms with Crippen molar-refractivity contribution in [3.05, 3.63) is 59.7 Å². The molecule has 1 amide bonds. The van der Waals surface area contributed by atoms with Crippen LogP contribution in [-0.4, -0.2) is 57.3 Å². The number of carbonyl (C=O) groups excluding carboxylic acids is 1. The minimum absolute atomic E-state index is 0.0152. The molecule has 0 saturated carbocycles. The molecule has 0 aromatic heterocycles. The summed E-state index contributed by atoms with van der Waals surface area (Å²) < 4.78 is 61.0. The van der Waals surface area contributed by atoms with E-state index in [1.807, 2.05) is 6.92 Å². The molecule has 0 radical (unpaired) electrons. The molecule has 11 heteroatoms. The second-order valence-corrected chi connectivity index (χ2v) is 8.74. The van der Waals surface area contributed by atoms with Crippen molar-refractivity contribution >= 4 is 21.6 Å². The van der Waals surface area contributed by atoms with E-state index in [-0.39, 0.29) is 29.3 Å². The highest BCUT2D eigenvalue weighted by Gasteiger charge is 2.26. The van der Waals surface area contributed by atoms with Crippen LogP contribution in [-0.2, 0) is 14.8 Å². The Morgan fingerprint density at radius 2 is 1.84 bits per heavy atom. The Kier molecular flexibility index (Phi) is 7.89. The monoisotopic (exact) mass is 467 g/mol. The molecule has 8 nitrogen and oxygen atoms in total. The maximum absolute atomic E-state index is 12.8. The lowest BCUT2D eigenvalue weighted by atomic mass is 10.1. The van der Waals surface area contributed by atoms with Crippen LogP contribution in [0, 0.1) is 0 Å². The van der Waals surface area contributed by atoms with Gasteiger partial charge in [-0.2, -0.15) is 18.2 Å². The van der Waals surface area contributed by atoms with Gasteiger partial charge in [-0.15, -0.1) is 0 Å². The van der Waals surface area contributed by atoms with E-state index >= 15 is 0 Å². The zero-order chi connectivity index (χ0) is 23.1. The van der Waals surface area contributed by atoms with Crippen molar-refractivity contribution in [3.8, 4) is 5.75 Å². The Labute approximate surface area is 184 Å². The predicted molar refractivity (Wildman–Crippen MR) is 113 cm³/mol. The van der Waals surface area contributed by atoms with Crippen molar-refractivity contribution in [2.24, 2.45) is 5.10 Å². The topological polar surface area (TPSA) is 97.3 Å². The van der Waals surface area contributed by atoms with E-state index in [0.29, 0.717) is 30.9 Å². The van der Waals surface area contributed by atoms with E-state index in [0.717, 1.165) is 0 Å². The fraction of sp³-hybridized carbons (Fsp3) is 0.333. The average molecular weight is 467 g/mol. The van der Waals surface area contributed by atoms with Gasteiger partial charge in [0, 0.05) is 18.7 Å². The fourth-order valence-corrected chi connectivity index (χ4v) is 4.55. The van der Waals surface area contributed by atoms with Crippen molar-refractivity contribution in [2.75, 3.05) is 26.3 Å². The van der Waals surface area contributed by atoms with Crippen LogP contribution in [0.25, 0.3) is 0 Å². The van der Waals surface area contributed by atoms with Crippen LogP contribution in [0.3, 0.4) is 0 Å². The molecule has 1 saturated heterocycles. The molecule has 0 unspecified atom stereocenters. The molecule has 3 rings (SSSR count). The third-order valence-electron chi connectivity index (χ3n) is 4.74. The van der Waals surface area contributed by atoms with Crippen LogP contribution < -0.4 is 10.2 Å². The fourth-order valence-electron chi connectivity index (χ4n) is 3.09. The SMILES string of the molecule is CC/C(=N\NC(=O)c1cccc(S(=O)(=O)N2CCOCC2)c1)c1ccc(OC(F)F)cc1. The number of halogens is 2. The highest BCUT2D eigenvalue weighted by Crippen LogP contribution is 2.19. The van der Waals surface area contributed by atoms with Gasteiger partial charge in [0.2, 0.25) is 10.0 Å². The van der Waals surface area contributed by atoms with Gasteiger partial charge in [0.25, 0.3) is 5.91 Å². The summed E-state index contributed by atoms with van der Waals surface area (Å²) in [6.45, 7) is 0.0621. The first-order valence-corrected chi connectivity index (χ1v) is 11.4. The van der Waals surface area contributed by atoms with Gasteiger partial charge in [-0.3, -0.25) is 4.79 Å². The standard InChI is InChI=1S/C21H23F2N3O5S/c1-2-19(15-6-8-17(9-7-15)31-21(22)23)24-25-20(27)16-4-3-5-18(14-16)32(28,29)26-10-12-30-13-11-26/h3-9,14,21H,2,10-13H2,1H3,(H,25,27)/b24-19+. The summed E-state index contributed by atoms with van der Waals surface area (Å²) in [7, 11) is -3.74. The quantitative estimate of drug-likeness (QED) is 0.476. The number of carbonyl (C=O) groups is 1. The third kappa shape index (κ3) is 5.87. The molecule has 0 aliphatic carbocycles. The first-order chi connectivity index (χ1) is 15.3. The van der Waals surface area contributed by atoms with Crippen molar-refractivity contribution in [1.82, 2.24) is 9.73 Å². The van der Waals surface area contributed by atoms with E-state index < -0.39 is 22.5 Å². The van der Waals surface area contributed by atoms with Crippen molar-refractivity contribution in [2.45, 2.75) is 24.9 Å². The van der Waals surface area contributed by atoms with E-state index in [9.17, 15) is 22.0 Å². The van der Waals surface area contributed by atoms with Gasteiger partial charge in [-0.05, 0) is 54.4 Å². The average Bonchev–Trinajstić information content (AvgIpc) is 2.80. The third-order valence-corrected chi connectivity index (χ3v) is 6.64. The predicted octanol–water partition coefficient (Wildman–Crippen LogP) is 2.85. The molecule has 0 bridgehead atoms. The summed E-state index contributed by atoms with van der Waals surface area (Å²) in [5.74, 6) is -0.561. The number of nitrogens with one attached hydrogen (secondary N) is 1. The first-order valence-electron chi connectivity index (χ1n) is 9.91. The molecule has 1 heterocycles. The number of benzene rings is 2. The summed E-state index contributed by atoms with van der Waals surface area (Å²) in [5.41, 5.74) is 3.70. The summed E-state index contributed by atoms with van der Waals surface area (Å²) in [4.78, 5) is 12.6. The van der Waals surface area contributed by atoms with Crippen LogP contribution in [0.4, 0.5) is 8.78 Å². The maximum Gasteiger partial charge on any atom is 0.387 e. The number of rotatable bonds is 8. The number of morpholine rings is 1. The molecular weight excluding hydrogens is 444 g/mol. The Hall–Kier alpha value is -2.89. The molecule has 0 spiro atoms. The lowest BCUT2D eigenvalue weighted by Crippen LogP contribution is -2.40. The van der Waals surface area contributed by atoms with Crippen molar-refractivity contribution in [3.63, 3.8) is 0 Å². The summed E-state index contributed by atoms with van der Waals surface area (Å²) in [6, 6.07) is 11.6. The van der Waals surface area contributed by atoms with Gasteiger partial charge in [0.15, 0.2) is 0 Å². The lowest BCUT2D eigenvalue weighted by Gasteiger charge is -2.26. The summed E-state index contributed by atoms with van der Waals surface area (Å²) in [5, 5.41) is 4.11. The molecule has 2 aromatic rings. The van der Waals surface area contributed by atoms with Gasteiger partial charge in [0.1, 0.15) is 5.75 Å². The Morgan fingerprint density at radius 1 is 1.16 bits per heavy atom. The van der Waals surface area contributed by atoms with Gasteiger partial charge in [-0.1, -0.05) is 13.0 Å². The molecule has 1 aliphatic heterocycles. The minimum atomic E-state index is -3.74. The molecule has 0 atom stereocenters. The number of alkyl halides is 2. The molecule has 1 N–H and O–H groups in total. The Morgan fingerprint density at radius 3 is 2.47 bits per heavy atom. The van der Waals surface area contributed by atoms with E-state index in [2.05, 4.69) is 15.3 Å². The van der Waals surface area contributed by atoms with Gasteiger partial charge in [-0.25, -0.2) is 13.8 Å². The molecule has 172 valence electrons. The molecule has 2 aromatic carbocycles. The first kappa shape index (κ1) is 23.8. The normalized spacial score (nSPS) is 15.6. The molecule has 1 fully saturated rings. The second-order valence-electron chi connectivity index (χ2n) is 6.80. The number of sulfonamides is 1. The summed E-state index contributed by atoms with van der Waals surface area (Å²) >= 11 is 0. The number of nitrogens with zero attached hydrogens (tertiary/aromatic N) is 2. The largest absolute Gasteiger partial charge is 0.435 e. The van der Waals surface area contributed by atoms with Crippen LogP contribution in [0.5, 0.6) is 5.75 Å². The van der Waals surface area contributed by atoms with Crippen LogP contribution >= 0.6 is 0 Å². The van der Waals surface area contributed by atoms with Crippen LogP contribution in [0.15, 0.2) is 58.5 Å². The molecule has 1 aliphatic rings. The lowest BCUT2D eigenvalue weighted by molar-refractivity contribution is -0.0498. The zero-order valence-corrected chi connectivity index (χ0v) is 18.1. The Bertz CT molecular complexity index is 1070. The summed E-state index contributed by atoms with van der Waals surface area (Å²) in [6.07, 6.45) is 0.459. The zero-order valence-electron chi connectivity index (χ0n) is 17.3. The number of hydrazone groups is 1. The van der Waals surface area contributed by atoms with Gasteiger partial charge < -0.3 is 9.47 Å². The van der Waals surface area contributed by atoms with Crippen molar-refractivity contribution in [1.29, 1.82) is 0 Å². The highest BCUT2D eigenvalue weighted by atomic mass is 32.2. The minimum Gasteiger partial charge on any atom is -0.435 e. The maximum atomic E-state index is 12.8. The molecule has 32 heavy (non-hydrogen) atoms. The van der Waals surface area contributed by atoms with Gasteiger partial charge in [0.05, 0.1) is 23.8 Å². The molecular formula is C21H23F2N3O5S. The number of amides is 1. The van der Waals surface area contributed by atoms with E-state index in [1.165, 1.54) is 40.7 Å². The van der Waals surface area contributed by atoms with Crippen LogP contribution in [0.1, 0.15) is 29.3 Å².